The van der Waals surface area contributed by atoms with Crippen molar-refractivity contribution in [3.05, 3.63) is 29.6 Å². The number of hydrogen-bond acceptors (Lipinski definition) is 4. The summed E-state index contributed by atoms with van der Waals surface area (Å²) in [4.78, 5) is 17.9. The van der Waals surface area contributed by atoms with E-state index in [2.05, 4.69) is 21.9 Å². The number of benzene rings is 1. The molecule has 24 heavy (non-hydrogen) atoms. The Kier molecular flexibility index (Phi) is 5.80. The Morgan fingerprint density at radius 2 is 2.08 bits per heavy atom. The van der Waals surface area contributed by atoms with Crippen molar-refractivity contribution in [3.8, 4) is 0 Å². The second kappa shape index (κ2) is 7.64. The van der Waals surface area contributed by atoms with Gasteiger partial charge in [0.15, 0.2) is 0 Å². The van der Waals surface area contributed by atoms with Crippen LogP contribution in [-0.2, 0) is 11.3 Å². The van der Waals surface area contributed by atoms with E-state index in [-0.39, 0.29) is 18.0 Å². The van der Waals surface area contributed by atoms with Crippen LogP contribution in [0.5, 0.6) is 0 Å². The van der Waals surface area contributed by atoms with E-state index in [0.29, 0.717) is 6.54 Å². The van der Waals surface area contributed by atoms with Crippen molar-refractivity contribution < 1.29 is 13.9 Å². The molecule has 1 aromatic carbocycles. The standard InChI is InChI=1S/C18H26FN3O2/c1-18(2,3)24-17(23)21-15-7-9-22(10-8-15)16-6-5-14(19)11-13(16)12-20-4/h5-6,11,15H,4,7-10,12H2,1-3H3,(H,21,23). The van der Waals surface area contributed by atoms with Gasteiger partial charge >= 0.3 is 6.09 Å². The fourth-order valence-corrected chi connectivity index (χ4v) is 2.85. The molecule has 1 N–H and O–H groups in total. The Hall–Kier alpha value is -2.11. The predicted molar refractivity (Wildman–Crippen MR) is 94.3 cm³/mol. The van der Waals surface area contributed by atoms with E-state index in [0.717, 1.165) is 37.2 Å². The first-order chi connectivity index (χ1) is 11.3. The van der Waals surface area contributed by atoms with Gasteiger partial charge in [0.05, 0.1) is 6.54 Å². The first kappa shape index (κ1) is 18.2. The molecule has 1 aromatic rings. The van der Waals surface area contributed by atoms with Gasteiger partial charge in [0.25, 0.3) is 0 Å². The van der Waals surface area contributed by atoms with Crippen LogP contribution in [0.4, 0.5) is 14.9 Å². The van der Waals surface area contributed by atoms with Gasteiger partial charge in [-0.3, -0.25) is 4.99 Å². The summed E-state index contributed by atoms with van der Waals surface area (Å²) in [6.07, 6.45) is 1.26. The van der Waals surface area contributed by atoms with Crippen molar-refractivity contribution in [1.29, 1.82) is 0 Å². The summed E-state index contributed by atoms with van der Waals surface area (Å²) in [6, 6.07) is 4.86. The lowest BCUT2D eigenvalue weighted by molar-refractivity contribution is 0.0497. The van der Waals surface area contributed by atoms with Gasteiger partial charge in [-0.1, -0.05) is 0 Å². The SMILES string of the molecule is C=NCc1cc(F)ccc1N1CCC(NC(=O)OC(C)(C)C)CC1. The van der Waals surface area contributed by atoms with E-state index in [9.17, 15) is 9.18 Å². The van der Waals surface area contributed by atoms with Crippen LogP contribution < -0.4 is 10.2 Å². The second-order valence-corrected chi connectivity index (χ2v) is 7.06. The van der Waals surface area contributed by atoms with Crippen LogP contribution in [-0.4, -0.2) is 37.5 Å². The number of amides is 1. The third-order valence-corrected chi connectivity index (χ3v) is 3.88. The smallest absolute Gasteiger partial charge is 0.407 e. The maximum absolute atomic E-state index is 13.4. The number of nitrogens with one attached hydrogen (secondary N) is 1. The van der Waals surface area contributed by atoms with E-state index in [1.165, 1.54) is 12.1 Å². The van der Waals surface area contributed by atoms with E-state index >= 15 is 0 Å². The minimum absolute atomic E-state index is 0.0949. The normalized spacial score (nSPS) is 15.9. The molecule has 0 aliphatic carbocycles. The van der Waals surface area contributed by atoms with Gasteiger partial charge in [0, 0.05) is 24.8 Å². The van der Waals surface area contributed by atoms with E-state index in [4.69, 9.17) is 4.74 Å². The molecular formula is C18H26FN3O2. The molecule has 0 radical (unpaired) electrons. The van der Waals surface area contributed by atoms with Gasteiger partial charge in [-0.2, -0.15) is 0 Å². The van der Waals surface area contributed by atoms with Gasteiger partial charge in [-0.25, -0.2) is 9.18 Å². The number of carbonyl (C=O) groups excluding carboxylic acids is 1. The maximum Gasteiger partial charge on any atom is 0.407 e. The highest BCUT2D eigenvalue weighted by Crippen LogP contribution is 2.26. The summed E-state index contributed by atoms with van der Waals surface area (Å²) < 4.78 is 18.7. The van der Waals surface area contributed by atoms with Crippen LogP contribution in [0.1, 0.15) is 39.2 Å². The summed E-state index contributed by atoms with van der Waals surface area (Å²) in [7, 11) is 0. The minimum atomic E-state index is -0.495. The zero-order valence-corrected chi connectivity index (χ0v) is 14.6. The Morgan fingerprint density at radius 1 is 1.42 bits per heavy atom. The third kappa shape index (κ3) is 5.22. The van der Waals surface area contributed by atoms with Crippen molar-refractivity contribution in [3.63, 3.8) is 0 Å². The highest BCUT2D eigenvalue weighted by Gasteiger charge is 2.24. The molecule has 0 aromatic heterocycles. The number of aliphatic imine (C=N–C) groups is 1. The number of halogens is 1. The molecule has 1 aliphatic rings. The first-order valence-electron chi connectivity index (χ1n) is 8.24. The average Bonchev–Trinajstić information content (AvgIpc) is 2.47. The van der Waals surface area contributed by atoms with Gasteiger partial charge in [0.2, 0.25) is 0 Å². The van der Waals surface area contributed by atoms with Crippen molar-refractivity contribution >= 4 is 18.5 Å². The van der Waals surface area contributed by atoms with Crippen LogP contribution in [0.3, 0.4) is 0 Å². The number of nitrogens with zero attached hydrogens (tertiary/aromatic N) is 2. The van der Waals surface area contributed by atoms with Crippen LogP contribution >= 0.6 is 0 Å². The predicted octanol–water partition coefficient (Wildman–Crippen LogP) is 3.52. The van der Waals surface area contributed by atoms with Crippen LogP contribution in [0.15, 0.2) is 23.2 Å². The topological polar surface area (TPSA) is 53.9 Å². The first-order valence-corrected chi connectivity index (χ1v) is 8.24. The quantitative estimate of drug-likeness (QED) is 0.857. The van der Waals surface area contributed by atoms with Crippen molar-refractivity contribution in [1.82, 2.24) is 5.32 Å². The molecule has 0 bridgehead atoms. The Balaban J connectivity index is 1.93. The molecule has 0 saturated carbocycles. The molecule has 1 saturated heterocycles. The molecule has 2 rings (SSSR count). The Morgan fingerprint density at radius 3 is 2.67 bits per heavy atom. The minimum Gasteiger partial charge on any atom is -0.444 e. The molecule has 5 nitrogen and oxygen atoms in total. The number of carbonyl (C=O) groups is 1. The number of alkyl carbamates (subject to hydrolysis) is 1. The van der Waals surface area contributed by atoms with Gasteiger partial charge in [-0.15, -0.1) is 0 Å². The van der Waals surface area contributed by atoms with Crippen molar-refractivity contribution in [2.45, 2.75) is 51.8 Å². The van der Waals surface area contributed by atoms with E-state index in [1.807, 2.05) is 20.8 Å². The number of ether oxygens (including phenoxy) is 1. The number of hydrogen-bond donors (Lipinski definition) is 1. The number of anilines is 1. The zero-order valence-electron chi connectivity index (χ0n) is 14.6. The van der Waals surface area contributed by atoms with E-state index in [1.54, 1.807) is 6.07 Å². The lowest BCUT2D eigenvalue weighted by Gasteiger charge is -2.35. The molecule has 1 amide bonds. The molecular weight excluding hydrogens is 309 g/mol. The summed E-state index contributed by atoms with van der Waals surface area (Å²) in [6.45, 7) is 11.0. The number of rotatable bonds is 4. The molecule has 0 unspecified atom stereocenters. The molecule has 1 aliphatic heterocycles. The molecule has 0 atom stereocenters. The average molecular weight is 335 g/mol. The van der Waals surface area contributed by atoms with Crippen LogP contribution in [0.25, 0.3) is 0 Å². The third-order valence-electron chi connectivity index (χ3n) is 3.88. The lowest BCUT2D eigenvalue weighted by atomic mass is 10.0. The van der Waals surface area contributed by atoms with Crippen molar-refractivity contribution in [2.24, 2.45) is 4.99 Å². The highest BCUT2D eigenvalue weighted by atomic mass is 19.1. The zero-order chi connectivity index (χ0) is 17.7. The van der Waals surface area contributed by atoms with Crippen LogP contribution in [0, 0.1) is 5.82 Å². The molecule has 1 fully saturated rings. The summed E-state index contributed by atoms with van der Waals surface area (Å²) >= 11 is 0. The molecule has 1 heterocycles. The van der Waals surface area contributed by atoms with Gasteiger partial charge in [-0.05, 0) is 64.1 Å². The fourth-order valence-electron chi connectivity index (χ4n) is 2.85. The van der Waals surface area contributed by atoms with E-state index < -0.39 is 5.60 Å². The highest BCUT2D eigenvalue weighted by molar-refractivity contribution is 5.68. The van der Waals surface area contributed by atoms with Gasteiger partial charge in [0.1, 0.15) is 11.4 Å². The monoisotopic (exact) mass is 335 g/mol. The second-order valence-electron chi connectivity index (χ2n) is 7.06. The Labute approximate surface area is 142 Å². The summed E-state index contributed by atoms with van der Waals surface area (Å²) in [5.74, 6) is -0.265. The Bertz CT molecular complexity index is 590. The summed E-state index contributed by atoms with van der Waals surface area (Å²) in [5, 5.41) is 2.92. The lowest BCUT2D eigenvalue weighted by Crippen LogP contribution is -2.46. The van der Waals surface area contributed by atoms with Crippen LogP contribution in [0.2, 0.25) is 0 Å². The molecule has 6 heteroatoms. The maximum atomic E-state index is 13.4. The largest absolute Gasteiger partial charge is 0.444 e. The molecule has 132 valence electrons. The number of piperidine rings is 1. The summed E-state index contributed by atoms with van der Waals surface area (Å²) in [5.41, 5.74) is 1.33. The molecule has 0 spiro atoms. The van der Waals surface area contributed by atoms with Crippen molar-refractivity contribution in [2.75, 3.05) is 18.0 Å². The van der Waals surface area contributed by atoms with Gasteiger partial charge < -0.3 is 15.0 Å². The fraction of sp³-hybridized carbons (Fsp3) is 0.556.